The van der Waals surface area contributed by atoms with Crippen LogP contribution in [-0.2, 0) is 14.2 Å². The highest BCUT2D eigenvalue weighted by Crippen LogP contribution is 2.38. The third-order valence-corrected chi connectivity index (χ3v) is 2.07. The van der Waals surface area contributed by atoms with E-state index in [1.165, 1.54) is 21.3 Å². The van der Waals surface area contributed by atoms with E-state index in [4.69, 9.17) is 28.4 Å². The number of benzene rings is 1. The second-order valence-corrected chi connectivity index (χ2v) is 3.57. The van der Waals surface area contributed by atoms with Crippen molar-refractivity contribution in [3.63, 3.8) is 0 Å². The largest absolute Gasteiger partial charge is 0.464 e. The fourth-order valence-electron chi connectivity index (χ4n) is 1.35. The first-order chi connectivity index (χ1) is 9.22. The van der Waals surface area contributed by atoms with Gasteiger partial charge in [-0.15, -0.1) is 0 Å². The molecule has 0 aliphatic rings. The summed E-state index contributed by atoms with van der Waals surface area (Å²) in [5, 5.41) is 0. The summed E-state index contributed by atoms with van der Waals surface area (Å²) in [4.78, 5) is 0. The van der Waals surface area contributed by atoms with E-state index >= 15 is 0 Å². The number of rotatable bonds is 9. The van der Waals surface area contributed by atoms with Gasteiger partial charge in [-0.05, 0) is 24.6 Å². The second-order valence-electron chi connectivity index (χ2n) is 3.57. The average molecular weight is 271 g/mol. The Labute approximate surface area is 113 Å². The van der Waals surface area contributed by atoms with Crippen molar-refractivity contribution in [2.75, 3.05) is 41.7 Å². The van der Waals surface area contributed by atoms with E-state index in [1.807, 2.05) is 0 Å². The topological polar surface area (TPSA) is 55.4 Å². The number of methoxy groups -OCH3 is 3. The molecule has 0 saturated carbocycles. The van der Waals surface area contributed by atoms with Gasteiger partial charge in [-0.1, -0.05) is 0 Å². The molecule has 0 N–H and O–H groups in total. The molecular weight excluding hydrogens is 252 g/mol. The first-order valence-electron chi connectivity index (χ1n) is 5.58. The second kappa shape index (κ2) is 8.58. The van der Waals surface area contributed by atoms with Gasteiger partial charge < -0.3 is 28.4 Å². The quantitative estimate of drug-likeness (QED) is 0.638. The van der Waals surface area contributed by atoms with E-state index in [0.29, 0.717) is 17.2 Å². The summed E-state index contributed by atoms with van der Waals surface area (Å²) >= 11 is 0. The molecule has 0 aliphatic heterocycles. The lowest BCUT2D eigenvalue weighted by molar-refractivity contribution is 0.0218. The molecule has 0 spiro atoms. The molecular formula is C13H19O6. The van der Waals surface area contributed by atoms with Crippen molar-refractivity contribution >= 4 is 0 Å². The summed E-state index contributed by atoms with van der Waals surface area (Å²) in [6.45, 7) is 4.11. The van der Waals surface area contributed by atoms with Crippen LogP contribution in [0.2, 0.25) is 0 Å². The van der Waals surface area contributed by atoms with Crippen molar-refractivity contribution in [3.05, 3.63) is 24.6 Å². The molecule has 0 aliphatic carbocycles. The van der Waals surface area contributed by atoms with Gasteiger partial charge in [-0.25, -0.2) is 0 Å². The van der Waals surface area contributed by atoms with Crippen molar-refractivity contribution in [3.8, 4) is 17.2 Å². The predicted molar refractivity (Wildman–Crippen MR) is 68.4 cm³/mol. The molecule has 0 bridgehead atoms. The molecule has 1 aromatic rings. The molecule has 1 rings (SSSR count). The fourth-order valence-corrected chi connectivity index (χ4v) is 1.35. The van der Waals surface area contributed by atoms with Gasteiger partial charge in [0.15, 0.2) is 31.9 Å². The van der Waals surface area contributed by atoms with Crippen LogP contribution in [0.15, 0.2) is 12.1 Å². The van der Waals surface area contributed by atoms with E-state index in [-0.39, 0.29) is 20.4 Å². The monoisotopic (exact) mass is 271 g/mol. The molecule has 1 aromatic carbocycles. The first-order valence-corrected chi connectivity index (χ1v) is 5.58. The molecule has 19 heavy (non-hydrogen) atoms. The van der Waals surface area contributed by atoms with E-state index in [9.17, 15) is 0 Å². The molecule has 1 radical (unpaired) electrons. The Balaban J connectivity index is 2.99. The predicted octanol–water partition coefficient (Wildman–Crippen LogP) is 1.82. The summed E-state index contributed by atoms with van der Waals surface area (Å²) in [6.07, 6.45) is 0. The smallest absolute Gasteiger partial charge is 0.206 e. The fraction of sp³-hybridized carbons (Fsp3) is 0.462. The number of ether oxygens (including phenoxy) is 6. The van der Waals surface area contributed by atoms with E-state index in [0.717, 1.165) is 5.56 Å². The molecule has 0 atom stereocenters. The van der Waals surface area contributed by atoms with Gasteiger partial charge in [0, 0.05) is 21.3 Å². The third-order valence-electron chi connectivity index (χ3n) is 2.07. The van der Waals surface area contributed by atoms with Crippen LogP contribution in [0, 0.1) is 6.92 Å². The Morgan fingerprint density at radius 1 is 0.789 bits per heavy atom. The molecule has 0 heterocycles. The van der Waals surface area contributed by atoms with Crippen LogP contribution in [-0.4, -0.2) is 41.7 Å². The van der Waals surface area contributed by atoms with E-state index in [1.54, 1.807) is 12.1 Å². The zero-order chi connectivity index (χ0) is 14.1. The maximum Gasteiger partial charge on any atom is 0.206 e. The number of hydrogen-bond acceptors (Lipinski definition) is 6. The van der Waals surface area contributed by atoms with Crippen LogP contribution in [0.25, 0.3) is 0 Å². The molecule has 0 aromatic heterocycles. The Morgan fingerprint density at radius 2 is 1.21 bits per heavy atom. The lowest BCUT2D eigenvalue weighted by Crippen LogP contribution is -2.08. The van der Waals surface area contributed by atoms with Crippen LogP contribution in [0.5, 0.6) is 17.2 Å². The lowest BCUT2D eigenvalue weighted by atomic mass is 10.2. The van der Waals surface area contributed by atoms with Gasteiger partial charge in [0.25, 0.3) is 0 Å². The van der Waals surface area contributed by atoms with Crippen molar-refractivity contribution in [1.29, 1.82) is 0 Å². The Bertz CT molecular complexity index is 350. The molecule has 107 valence electrons. The normalized spacial score (nSPS) is 10.3. The summed E-state index contributed by atoms with van der Waals surface area (Å²) in [5.41, 5.74) is 0.724. The summed E-state index contributed by atoms with van der Waals surface area (Å²) < 4.78 is 30.9. The van der Waals surface area contributed by atoms with Gasteiger partial charge in [0.1, 0.15) is 0 Å². The standard InChI is InChI=1S/C13H19O6/c1-10-5-11(17-7-14-2)13(19-9-16-4)12(6-10)18-8-15-3/h5-6H,1,7-9H2,2-4H3. The van der Waals surface area contributed by atoms with Crippen LogP contribution >= 0.6 is 0 Å². The molecule has 0 saturated heterocycles. The summed E-state index contributed by atoms with van der Waals surface area (Å²) in [5.74, 6) is 1.36. The maximum atomic E-state index is 5.46. The lowest BCUT2D eigenvalue weighted by Gasteiger charge is -2.16. The van der Waals surface area contributed by atoms with Crippen molar-refractivity contribution in [2.45, 2.75) is 0 Å². The first kappa shape index (κ1) is 15.6. The Kier molecular flexibility index (Phi) is 7.02. The molecule has 6 nitrogen and oxygen atoms in total. The van der Waals surface area contributed by atoms with Gasteiger partial charge >= 0.3 is 0 Å². The van der Waals surface area contributed by atoms with Crippen LogP contribution < -0.4 is 14.2 Å². The summed E-state index contributed by atoms with van der Waals surface area (Å²) in [6, 6.07) is 3.45. The van der Waals surface area contributed by atoms with Gasteiger partial charge in [-0.2, -0.15) is 0 Å². The molecule has 0 amide bonds. The zero-order valence-corrected chi connectivity index (χ0v) is 11.4. The van der Waals surface area contributed by atoms with Gasteiger partial charge in [-0.3, -0.25) is 0 Å². The highest BCUT2D eigenvalue weighted by molar-refractivity contribution is 5.54. The van der Waals surface area contributed by atoms with Crippen LogP contribution in [0.4, 0.5) is 0 Å². The van der Waals surface area contributed by atoms with Crippen molar-refractivity contribution in [2.24, 2.45) is 0 Å². The minimum absolute atomic E-state index is 0.0726. The maximum absolute atomic E-state index is 5.46. The Morgan fingerprint density at radius 3 is 1.63 bits per heavy atom. The molecule has 0 fully saturated rings. The van der Waals surface area contributed by atoms with Gasteiger partial charge in [0.05, 0.1) is 0 Å². The minimum Gasteiger partial charge on any atom is -0.464 e. The molecule has 6 heteroatoms. The Hall–Kier alpha value is -1.50. The van der Waals surface area contributed by atoms with E-state index in [2.05, 4.69) is 6.92 Å². The average Bonchev–Trinajstić information content (AvgIpc) is 2.41. The van der Waals surface area contributed by atoms with Crippen molar-refractivity contribution < 1.29 is 28.4 Å². The SMILES string of the molecule is [CH2]c1cc(OCOC)c(OCOC)c(OCOC)c1. The summed E-state index contributed by atoms with van der Waals surface area (Å²) in [7, 11) is 4.60. The minimum atomic E-state index is 0.0726. The molecule has 0 unspecified atom stereocenters. The third kappa shape index (κ3) is 4.94. The van der Waals surface area contributed by atoms with E-state index < -0.39 is 0 Å². The zero-order valence-electron chi connectivity index (χ0n) is 11.4. The van der Waals surface area contributed by atoms with Crippen LogP contribution in [0.1, 0.15) is 5.56 Å². The van der Waals surface area contributed by atoms with Gasteiger partial charge in [0.2, 0.25) is 5.75 Å². The van der Waals surface area contributed by atoms with Crippen LogP contribution in [0.3, 0.4) is 0 Å². The highest BCUT2D eigenvalue weighted by atomic mass is 16.7. The highest BCUT2D eigenvalue weighted by Gasteiger charge is 2.14. The number of hydrogen-bond donors (Lipinski definition) is 0. The van der Waals surface area contributed by atoms with Crippen molar-refractivity contribution in [1.82, 2.24) is 0 Å².